The molecule has 0 aromatic carbocycles. The van der Waals surface area contributed by atoms with Crippen LogP contribution in [0.4, 0.5) is 0 Å². The molecule has 0 radical (unpaired) electrons. The van der Waals surface area contributed by atoms with Crippen LogP contribution in [0, 0.1) is 11.8 Å². The maximum absolute atomic E-state index is 11.5. The van der Waals surface area contributed by atoms with Crippen LogP contribution in [0.2, 0.25) is 0 Å². The van der Waals surface area contributed by atoms with Gasteiger partial charge in [-0.2, -0.15) is 0 Å². The summed E-state index contributed by atoms with van der Waals surface area (Å²) in [6, 6.07) is 0. The van der Waals surface area contributed by atoms with E-state index in [2.05, 4.69) is 16.8 Å². The van der Waals surface area contributed by atoms with E-state index in [1.165, 1.54) is 0 Å². The quantitative estimate of drug-likeness (QED) is 0.593. The van der Waals surface area contributed by atoms with Crippen LogP contribution < -0.4 is 0 Å². The van der Waals surface area contributed by atoms with Gasteiger partial charge >= 0.3 is 0 Å². The molecule has 1 saturated heterocycles. The third-order valence-corrected chi connectivity index (χ3v) is 3.77. The van der Waals surface area contributed by atoms with E-state index in [-0.39, 0.29) is 24.3 Å². The third-order valence-electron chi connectivity index (χ3n) is 3.77. The SMILES string of the molecule is CN(C)CCN(C)C[C@@H]1CN(C(=O)CO)C[C@@H]1CO. The van der Waals surface area contributed by atoms with Crippen LogP contribution in [0.1, 0.15) is 0 Å². The maximum Gasteiger partial charge on any atom is 0.248 e. The maximum atomic E-state index is 11.5. The monoisotopic (exact) mass is 273 g/mol. The standard InChI is InChI=1S/C13H27N3O3/c1-14(2)4-5-15(3)6-11-7-16(13(19)10-18)8-12(11)9-17/h11-12,17-18H,4-10H2,1-3H3/t11-,12-/m1/s1. The van der Waals surface area contributed by atoms with Crippen molar-refractivity contribution in [1.82, 2.24) is 14.7 Å². The van der Waals surface area contributed by atoms with Gasteiger partial charge in [0.2, 0.25) is 5.91 Å². The van der Waals surface area contributed by atoms with E-state index in [9.17, 15) is 9.90 Å². The Kier molecular flexibility index (Phi) is 6.71. The molecule has 1 amide bonds. The first kappa shape index (κ1) is 16.4. The van der Waals surface area contributed by atoms with Crippen molar-refractivity contribution in [3.8, 4) is 0 Å². The molecule has 6 nitrogen and oxygen atoms in total. The lowest BCUT2D eigenvalue weighted by Crippen LogP contribution is -2.36. The van der Waals surface area contributed by atoms with Crippen molar-refractivity contribution in [2.75, 3.05) is 67.1 Å². The minimum Gasteiger partial charge on any atom is -0.396 e. The molecule has 0 aromatic heterocycles. The van der Waals surface area contributed by atoms with Gasteiger partial charge in [-0.3, -0.25) is 4.79 Å². The molecule has 0 aromatic rings. The molecule has 1 aliphatic rings. The number of nitrogens with zero attached hydrogens (tertiary/aromatic N) is 3. The Balaban J connectivity index is 2.45. The number of aliphatic hydroxyl groups is 2. The van der Waals surface area contributed by atoms with Crippen LogP contribution in [0.5, 0.6) is 0 Å². The smallest absolute Gasteiger partial charge is 0.248 e. The van der Waals surface area contributed by atoms with Gasteiger partial charge in [0.1, 0.15) is 6.61 Å². The van der Waals surface area contributed by atoms with E-state index in [1.54, 1.807) is 4.90 Å². The summed E-state index contributed by atoms with van der Waals surface area (Å²) >= 11 is 0. The number of likely N-dealkylation sites (N-methyl/N-ethyl adjacent to an activating group) is 2. The summed E-state index contributed by atoms with van der Waals surface area (Å²) in [5.41, 5.74) is 0. The molecule has 0 saturated carbocycles. The van der Waals surface area contributed by atoms with Crippen molar-refractivity contribution in [2.24, 2.45) is 11.8 Å². The molecule has 0 spiro atoms. The normalized spacial score (nSPS) is 23.6. The van der Waals surface area contributed by atoms with Gasteiger partial charge in [0.15, 0.2) is 0 Å². The van der Waals surface area contributed by atoms with Crippen molar-refractivity contribution >= 4 is 5.91 Å². The molecule has 2 atom stereocenters. The van der Waals surface area contributed by atoms with Crippen LogP contribution >= 0.6 is 0 Å². The predicted octanol–water partition coefficient (Wildman–Crippen LogP) is -1.46. The number of likely N-dealkylation sites (tertiary alicyclic amines) is 1. The van der Waals surface area contributed by atoms with E-state index in [0.29, 0.717) is 13.1 Å². The third kappa shape index (κ3) is 5.06. The highest BCUT2D eigenvalue weighted by molar-refractivity contribution is 5.77. The number of hydrogen-bond donors (Lipinski definition) is 2. The molecule has 0 bridgehead atoms. The van der Waals surface area contributed by atoms with Gasteiger partial charge in [-0.1, -0.05) is 0 Å². The molecule has 0 unspecified atom stereocenters. The van der Waals surface area contributed by atoms with Crippen molar-refractivity contribution in [3.63, 3.8) is 0 Å². The van der Waals surface area contributed by atoms with E-state index < -0.39 is 6.61 Å². The van der Waals surface area contributed by atoms with E-state index in [1.807, 2.05) is 14.1 Å². The zero-order valence-electron chi connectivity index (χ0n) is 12.2. The first-order chi connectivity index (χ1) is 8.97. The molecule has 112 valence electrons. The summed E-state index contributed by atoms with van der Waals surface area (Å²) in [7, 11) is 6.15. The predicted molar refractivity (Wildman–Crippen MR) is 73.8 cm³/mol. The van der Waals surface area contributed by atoms with Gasteiger partial charge in [-0.05, 0) is 27.1 Å². The summed E-state index contributed by atoms with van der Waals surface area (Å²) in [6.07, 6.45) is 0. The van der Waals surface area contributed by atoms with E-state index in [4.69, 9.17) is 5.11 Å². The summed E-state index contributed by atoms with van der Waals surface area (Å²) in [5, 5.41) is 18.3. The highest BCUT2D eigenvalue weighted by Crippen LogP contribution is 2.23. The summed E-state index contributed by atoms with van der Waals surface area (Å²) in [6.45, 7) is 3.68. The van der Waals surface area contributed by atoms with Gasteiger partial charge in [-0.15, -0.1) is 0 Å². The Morgan fingerprint density at radius 3 is 2.32 bits per heavy atom. The first-order valence-corrected chi connectivity index (χ1v) is 6.80. The minimum absolute atomic E-state index is 0.0986. The number of rotatable bonds is 7. The van der Waals surface area contributed by atoms with Gasteiger partial charge < -0.3 is 24.9 Å². The van der Waals surface area contributed by atoms with Crippen LogP contribution in [-0.4, -0.2) is 97.9 Å². The number of carbonyl (C=O) groups is 1. The molecule has 1 aliphatic heterocycles. The van der Waals surface area contributed by atoms with Crippen molar-refractivity contribution in [3.05, 3.63) is 0 Å². The lowest BCUT2D eigenvalue weighted by molar-refractivity contribution is -0.133. The Morgan fingerprint density at radius 1 is 1.16 bits per heavy atom. The second kappa shape index (κ2) is 7.79. The van der Waals surface area contributed by atoms with E-state index in [0.717, 1.165) is 19.6 Å². The van der Waals surface area contributed by atoms with Crippen molar-refractivity contribution in [1.29, 1.82) is 0 Å². The molecule has 1 heterocycles. The highest BCUT2D eigenvalue weighted by atomic mass is 16.3. The van der Waals surface area contributed by atoms with Crippen LogP contribution in [0.15, 0.2) is 0 Å². The molecular weight excluding hydrogens is 246 g/mol. The molecule has 0 aliphatic carbocycles. The summed E-state index contributed by atoms with van der Waals surface area (Å²) in [5.74, 6) is 0.168. The fraction of sp³-hybridized carbons (Fsp3) is 0.923. The highest BCUT2D eigenvalue weighted by Gasteiger charge is 2.34. The Morgan fingerprint density at radius 2 is 1.79 bits per heavy atom. The number of hydrogen-bond acceptors (Lipinski definition) is 5. The van der Waals surface area contributed by atoms with Crippen LogP contribution in [0.25, 0.3) is 0 Å². The fourth-order valence-electron chi connectivity index (χ4n) is 2.52. The van der Waals surface area contributed by atoms with Gasteiger partial charge in [0.25, 0.3) is 0 Å². The van der Waals surface area contributed by atoms with Crippen LogP contribution in [-0.2, 0) is 4.79 Å². The molecule has 1 rings (SSSR count). The Hall–Kier alpha value is -0.690. The van der Waals surface area contributed by atoms with E-state index >= 15 is 0 Å². The average molecular weight is 273 g/mol. The second-order valence-corrected chi connectivity index (χ2v) is 5.73. The second-order valence-electron chi connectivity index (χ2n) is 5.73. The van der Waals surface area contributed by atoms with Crippen molar-refractivity contribution in [2.45, 2.75) is 0 Å². The zero-order chi connectivity index (χ0) is 14.4. The Labute approximate surface area is 115 Å². The molecule has 2 N–H and O–H groups in total. The average Bonchev–Trinajstić information content (AvgIpc) is 2.78. The topological polar surface area (TPSA) is 67.2 Å². The van der Waals surface area contributed by atoms with Gasteiger partial charge in [0.05, 0.1) is 0 Å². The first-order valence-electron chi connectivity index (χ1n) is 6.80. The lowest BCUT2D eigenvalue weighted by atomic mass is 9.96. The number of carbonyl (C=O) groups excluding carboxylic acids is 1. The summed E-state index contributed by atoms with van der Waals surface area (Å²) < 4.78 is 0. The number of aliphatic hydroxyl groups excluding tert-OH is 2. The largest absolute Gasteiger partial charge is 0.396 e. The fourth-order valence-corrected chi connectivity index (χ4v) is 2.52. The molecule has 19 heavy (non-hydrogen) atoms. The van der Waals surface area contributed by atoms with Gasteiger partial charge in [0, 0.05) is 45.2 Å². The Bertz CT molecular complexity index is 286. The molecule has 6 heteroatoms. The zero-order valence-corrected chi connectivity index (χ0v) is 12.2. The van der Waals surface area contributed by atoms with Gasteiger partial charge in [-0.25, -0.2) is 0 Å². The molecular formula is C13H27N3O3. The van der Waals surface area contributed by atoms with Crippen LogP contribution in [0.3, 0.4) is 0 Å². The molecule has 1 fully saturated rings. The summed E-state index contributed by atoms with van der Waals surface area (Å²) in [4.78, 5) is 17.5. The lowest BCUT2D eigenvalue weighted by Gasteiger charge is -2.25. The minimum atomic E-state index is -0.443. The van der Waals surface area contributed by atoms with Crippen molar-refractivity contribution < 1.29 is 15.0 Å². The number of amides is 1.